The van der Waals surface area contributed by atoms with E-state index >= 15 is 0 Å². The number of carbonyl (C=O) groups excluding carboxylic acids is 1. The Morgan fingerprint density at radius 1 is 0.793 bits per heavy atom. The van der Waals surface area contributed by atoms with Gasteiger partial charge in [-0.1, -0.05) is 53.7 Å². The molecule has 7 fully saturated rings. The van der Waals surface area contributed by atoms with Crippen molar-refractivity contribution in [3.63, 3.8) is 0 Å². The third-order valence-electron chi connectivity index (χ3n) is 18.2. The van der Waals surface area contributed by atoms with E-state index in [1.807, 2.05) is 0 Å². The fraction of sp³-hybridized carbons (Fsp3) is 0.932. The highest BCUT2D eigenvalue weighted by Crippen LogP contribution is 2.79. The van der Waals surface area contributed by atoms with Gasteiger partial charge < -0.3 is 64.2 Å². The molecule has 0 amide bonds. The molecule has 2 unspecified atom stereocenters. The van der Waals surface area contributed by atoms with Crippen molar-refractivity contribution < 1.29 is 69.0 Å². The first-order valence-corrected chi connectivity index (χ1v) is 21.8. The second-order valence-electron chi connectivity index (χ2n) is 21.5. The number of carbonyl (C=O) groups is 1. The quantitative estimate of drug-likeness (QED) is 0.112. The first kappa shape index (κ1) is 43.4. The summed E-state index contributed by atoms with van der Waals surface area (Å²) in [5, 5.41) is 78.0. The van der Waals surface area contributed by atoms with Crippen LogP contribution in [0.5, 0.6) is 0 Å². The highest BCUT2D eigenvalue weighted by Gasteiger charge is 2.79. The standard InChI is InChI=1S/C44H70O14/c1-22-30(49)35(58-36-32(51)31(50)34(55-23(2)47)24(19-45)56-36)33(52)37(54-22)57-29-11-12-39(5)25(40(29,6)20-46)9-13-41(7)26(39)10-14-44-27-17-38(3,4)15-16-43(27,21-53-44)28(48)18-42(41,44)8/h10,14,22,24-37,45-46,48-52H,9,11-13,15-21H2,1-8H3/t22-,24-,25-,26-,27-,28+,29+,30+,31-,32-,33-,34-,35+,36+,37+,39+,40+,41-,42+,43?,44?/m1/s1. The van der Waals surface area contributed by atoms with E-state index in [4.69, 9.17) is 28.4 Å². The van der Waals surface area contributed by atoms with Crippen LogP contribution in [0.2, 0.25) is 0 Å². The molecular formula is C44H70O14. The SMILES string of the molecule is CC(=O)O[C@H]1[C@H](O)[C@@H](O)[C@H](O[C@H]2[C@@H](O)[C@@H](C)O[C@@H](O[C@H]3CC[C@@]4(C)[C@@H](CC[C@]5(C)[C@@H]4C=CC46OCC7(CCC(C)(C)C[C@H]74)[C@@H](O)C[C@]65C)[C@]3(C)CO)[C@@H]2O)O[C@@H]1CO. The summed E-state index contributed by atoms with van der Waals surface area (Å²) in [6, 6.07) is 0. The van der Waals surface area contributed by atoms with Crippen molar-refractivity contribution in [2.45, 2.75) is 186 Å². The van der Waals surface area contributed by atoms with Gasteiger partial charge in [-0.25, -0.2) is 0 Å². The maximum atomic E-state index is 12.2. The van der Waals surface area contributed by atoms with E-state index in [-0.39, 0.29) is 51.4 Å². The van der Waals surface area contributed by atoms with E-state index in [2.05, 4.69) is 53.7 Å². The van der Waals surface area contributed by atoms with Gasteiger partial charge in [-0.2, -0.15) is 0 Å². The van der Waals surface area contributed by atoms with Gasteiger partial charge in [0.15, 0.2) is 18.7 Å². The number of rotatable bonds is 7. The summed E-state index contributed by atoms with van der Waals surface area (Å²) < 4.78 is 36.6. The van der Waals surface area contributed by atoms with Crippen molar-refractivity contribution in [1.82, 2.24) is 0 Å². The molecule has 0 radical (unpaired) electrons. The van der Waals surface area contributed by atoms with E-state index in [9.17, 15) is 40.5 Å². The zero-order chi connectivity index (χ0) is 42.2. The molecule has 14 heteroatoms. The van der Waals surface area contributed by atoms with E-state index in [1.165, 1.54) is 0 Å². The van der Waals surface area contributed by atoms with Crippen LogP contribution in [0.25, 0.3) is 0 Å². The average Bonchev–Trinajstić information content (AvgIpc) is 3.44. The Labute approximate surface area is 342 Å². The predicted octanol–water partition coefficient (Wildman–Crippen LogP) is 2.35. The van der Waals surface area contributed by atoms with Gasteiger partial charge in [-0.15, -0.1) is 0 Å². The summed E-state index contributed by atoms with van der Waals surface area (Å²) in [6.07, 6.45) is -3.51. The Morgan fingerprint density at radius 2 is 1.50 bits per heavy atom. The fourth-order valence-electron chi connectivity index (χ4n) is 14.6. The Balaban J connectivity index is 1.03. The van der Waals surface area contributed by atoms with Gasteiger partial charge in [0.2, 0.25) is 0 Å². The highest BCUT2D eigenvalue weighted by molar-refractivity contribution is 5.66. The summed E-state index contributed by atoms with van der Waals surface area (Å²) in [7, 11) is 0. The summed E-state index contributed by atoms with van der Waals surface area (Å²) in [4.78, 5) is 11.6. The summed E-state index contributed by atoms with van der Waals surface area (Å²) in [6.45, 7) is 16.5. The number of hydrogen-bond acceptors (Lipinski definition) is 14. The lowest BCUT2D eigenvalue weighted by Gasteiger charge is -2.73. The largest absolute Gasteiger partial charge is 0.457 e. The highest BCUT2D eigenvalue weighted by atomic mass is 16.7. The van der Waals surface area contributed by atoms with Crippen LogP contribution >= 0.6 is 0 Å². The molecule has 8 rings (SSSR count). The first-order chi connectivity index (χ1) is 27.1. The second-order valence-corrected chi connectivity index (χ2v) is 21.5. The van der Waals surface area contributed by atoms with Crippen molar-refractivity contribution >= 4 is 5.97 Å². The molecule has 0 aromatic carbocycles. The number of aliphatic hydroxyl groups excluding tert-OH is 7. The molecule has 14 nitrogen and oxygen atoms in total. The van der Waals surface area contributed by atoms with Crippen LogP contribution in [-0.2, 0) is 33.2 Å². The molecular weight excluding hydrogens is 752 g/mol. The van der Waals surface area contributed by atoms with Gasteiger partial charge in [0.25, 0.3) is 0 Å². The topological polar surface area (TPSA) is 214 Å². The third-order valence-corrected chi connectivity index (χ3v) is 18.2. The van der Waals surface area contributed by atoms with Gasteiger partial charge in [-0.05, 0) is 86.4 Å². The molecule has 5 aliphatic carbocycles. The first-order valence-electron chi connectivity index (χ1n) is 21.8. The minimum atomic E-state index is -1.75. The van der Waals surface area contributed by atoms with Crippen molar-refractivity contribution in [1.29, 1.82) is 0 Å². The van der Waals surface area contributed by atoms with E-state index < -0.39 is 97.2 Å². The molecule has 8 aliphatic rings. The van der Waals surface area contributed by atoms with Crippen LogP contribution in [0.15, 0.2) is 12.2 Å². The lowest BCUT2D eigenvalue weighted by atomic mass is 9.32. The van der Waals surface area contributed by atoms with Crippen LogP contribution in [0, 0.1) is 50.2 Å². The van der Waals surface area contributed by atoms with Crippen LogP contribution in [-0.4, -0.2) is 141 Å². The van der Waals surface area contributed by atoms with Crippen molar-refractivity contribution in [2.24, 2.45) is 50.2 Å². The van der Waals surface area contributed by atoms with Gasteiger partial charge in [0.05, 0.1) is 43.7 Å². The Bertz CT molecular complexity index is 1610. The molecule has 3 aliphatic heterocycles. The number of allylic oxidation sites excluding steroid dienone is 1. The lowest BCUT2D eigenvalue weighted by Crippen LogP contribution is -2.72. The van der Waals surface area contributed by atoms with Gasteiger partial charge in [-0.3, -0.25) is 4.79 Å². The molecule has 0 aromatic rings. The zero-order valence-corrected chi connectivity index (χ0v) is 35.6. The molecule has 2 bridgehead atoms. The second kappa shape index (κ2) is 14.4. The monoisotopic (exact) mass is 822 g/mol. The van der Waals surface area contributed by atoms with Crippen molar-refractivity contribution in [3.05, 3.63) is 12.2 Å². The number of esters is 1. The summed E-state index contributed by atoms with van der Waals surface area (Å²) in [5.74, 6) is -0.331. The smallest absolute Gasteiger partial charge is 0.303 e. The number of hydrogen-bond donors (Lipinski definition) is 7. The summed E-state index contributed by atoms with van der Waals surface area (Å²) >= 11 is 0. The Kier molecular flexibility index (Phi) is 10.8. The molecule has 21 atom stereocenters. The maximum Gasteiger partial charge on any atom is 0.303 e. The molecule has 58 heavy (non-hydrogen) atoms. The number of ether oxygens (including phenoxy) is 6. The molecule has 3 saturated heterocycles. The molecule has 7 N–H and O–H groups in total. The maximum absolute atomic E-state index is 12.2. The van der Waals surface area contributed by atoms with E-state index in [1.54, 1.807) is 6.92 Å². The zero-order valence-electron chi connectivity index (χ0n) is 35.6. The molecule has 1 spiro atoms. The van der Waals surface area contributed by atoms with Crippen LogP contribution in [0.1, 0.15) is 107 Å². The van der Waals surface area contributed by atoms with Crippen LogP contribution in [0.3, 0.4) is 0 Å². The minimum absolute atomic E-state index is 0.0264. The van der Waals surface area contributed by atoms with Crippen molar-refractivity contribution in [3.8, 4) is 0 Å². The molecule has 4 saturated carbocycles. The van der Waals surface area contributed by atoms with E-state index in [0.29, 0.717) is 19.4 Å². The predicted molar refractivity (Wildman–Crippen MR) is 206 cm³/mol. The van der Waals surface area contributed by atoms with Crippen LogP contribution in [0.4, 0.5) is 0 Å². The van der Waals surface area contributed by atoms with E-state index in [0.717, 1.165) is 45.4 Å². The lowest BCUT2D eigenvalue weighted by molar-refractivity contribution is -0.367. The van der Waals surface area contributed by atoms with Gasteiger partial charge in [0, 0.05) is 29.1 Å². The molecule has 3 heterocycles. The third kappa shape index (κ3) is 5.89. The van der Waals surface area contributed by atoms with Crippen molar-refractivity contribution in [2.75, 3.05) is 19.8 Å². The van der Waals surface area contributed by atoms with Gasteiger partial charge >= 0.3 is 5.97 Å². The summed E-state index contributed by atoms with van der Waals surface area (Å²) in [5.41, 5.74) is -1.98. The Hall–Kier alpha value is -1.27. The number of fused-ring (bicyclic) bond motifs is 4. The molecule has 0 aromatic heterocycles. The average molecular weight is 823 g/mol. The minimum Gasteiger partial charge on any atom is -0.457 e. The number of aliphatic hydroxyl groups is 7. The van der Waals surface area contributed by atoms with Crippen LogP contribution < -0.4 is 0 Å². The van der Waals surface area contributed by atoms with Gasteiger partial charge in [0.1, 0.15) is 36.6 Å². The molecule has 330 valence electrons. The normalized spacial score (nSPS) is 57.1. The fourth-order valence-corrected chi connectivity index (χ4v) is 14.6. The Morgan fingerprint density at radius 3 is 2.17 bits per heavy atom.